The standard InChI is InChI=1S/C13H17NO7/c1-19-13(7-15)8-21-12(11(13)16)20-6-9-4-2-3-5-10(9)14(17)18/h2-5,11-12,15-16H,6-8H2,1H3/t11-,12+,13+/m0/s1. The van der Waals surface area contributed by atoms with Crippen molar-refractivity contribution in [2.45, 2.75) is 24.6 Å². The first-order valence-electron chi connectivity index (χ1n) is 6.33. The van der Waals surface area contributed by atoms with E-state index < -0.39 is 29.5 Å². The van der Waals surface area contributed by atoms with Crippen LogP contribution in [0.25, 0.3) is 0 Å². The van der Waals surface area contributed by atoms with Crippen LogP contribution in [0, 0.1) is 10.1 Å². The molecule has 1 aliphatic heterocycles. The zero-order valence-electron chi connectivity index (χ0n) is 11.5. The van der Waals surface area contributed by atoms with Crippen LogP contribution >= 0.6 is 0 Å². The molecule has 0 aromatic heterocycles. The summed E-state index contributed by atoms with van der Waals surface area (Å²) < 4.78 is 15.7. The number of nitro benzene ring substituents is 1. The SMILES string of the molecule is CO[C@]1(CO)CO[C@@H](OCc2ccccc2[N+](=O)[O-])[C@@H]1O. The maximum atomic E-state index is 10.9. The van der Waals surface area contributed by atoms with Gasteiger partial charge in [-0.2, -0.15) is 0 Å². The van der Waals surface area contributed by atoms with E-state index in [1.165, 1.54) is 13.2 Å². The fourth-order valence-electron chi connectivity index (χ4n) is 2.15. The molecule has 0 radical (unpaired) electrons. The van der Waals surface area contributed by atoms with Crippen molar-refractivity contribution >= 4 is 5.69 Å². The molecule has 1 heterocycles. The number of hydrogen-bond donors (Lipinski definition) is 2. The topological polar surface area (TPSA) is 111 Å². The third-order valence-corrected chi connectivity index (χ3v) is 3.55. The number of aliphatic hydroxyl groups excluding tert-OH is 2. The first-order valence-corrected chi connectivity index (χ1v) is 6.33. The Hall–Kier alpha value is -1.58. The van der Waals surface area contributed by atoms with Gasteiger partial charge in [0.2, 0.25) is 0 Å². The lowest BCUT2D eigenvalue weighted by atomic mass is 10.0. The maximum Gasteiger partial charge on any atom is 0.274 e. The third kappa shape index (κ3) is 3.04. The average Bonchev–Trinajstić information content (AvgIpc) is 2.82. The molecule has 2 N–H and O–H groups in total. The van der Waals surface area contributed by atoms with Crippen molar-refractivity contribution in [3.05, 3.63) is 39.9 Å². The zero-order chi connectivity index (χ0) is 15.5. The molecule has 21 heavy (non-hydrogen) atoms. The predicted molar refractivity (Wildman–Crippen MR) is 70.5 cm³/mol. The van der Waals surface area contributed by atoms with E-state index in [0.717, 1.165) is 0 Å². The molecule has 0 aliphatic carbocycles. The van der Waals surface area contributed by atoms with Crippen molar-refractivity contribution in [3.8, 4) is 0 Å². The first kappa shape index (κ1) is 15.8. The molecule has 0 amide bonds. The number of ether oxygens (including phenoxy) is 3. The Balaban J connectivity index is 2.03. The number of rotatable bonds is 6. The zero-order valence-corrected chi connectivity index (χ0v) is 11.5. The Morgan fingerprint density at radius 1 is 1.52 bits per heavy atom. The molecule has 1 saturated heterocycles. The van der Waals surface area contributed by atoms with E-state index in [2.05, 4.69) is 0 Å². The number of aliphatic hydroxyl groups is 2. The highest BCUT2D eigenvalue weighted by atomic mass is 16.7. The second-order valence-corrected chi connectivity index (χ2v) is 4.75. The minimum Gasteiger partial charge on any atom is -0.393 e. The van der Waals surface area contributed by atoms with Gasteiger partial charge in [0.05, 0.1) is 30.3 Å². The lowest BCUT2D eigenvalue weighted by molar-refractivity contribution is -0.386. The number of methoxy groups -OCH3 is 1. The summed E-state index contributed by atoms with van der Waals surface area (Å²) in [5, 5.41) is 30.3. The molecule has 2 rings (SSSR count). The molecule has 116 valence electrons. The fourth-order valence-corrected chi connectivity index (χ4v) is 2.15. The average molecular weight is 299 g/mol. The highest BCUT2D eigenvalue weighted by Crippen LogP contribution is 2.29. The van der Waals surface area contributed by atoms with Gasteiger partial charge >= 0.3 is 0 Å². The first-order chi connectivity index (χ1) is 10.0. The van der Waals surface area contributed by atoms with Crippen LogP contribution in [-0.4, -0.2) is 53.5 Å². The van der Waals surface area contributed by atoms with E-state index in [-0.39, 0.29) is 18.9 Å². The van der Waals surface area contributed by atoms with Gasteiger partial charge in [-0.1, -0.05) is 12.1 Å². The van der Waals surface area contributed by atoms with Crippen molar-refractivity contribution < 1.29 is 29.3 Å². The van der Waals surface area contributed by atoms with E-state index >= 15 is 0 Å². The van der Waals surface area contributed by atoms with E-state index in [1.54, 1.807) is 18.2 Å². The Morgan fingerprint density at radius 3 is 2.81 bits per heavy atom. The summed E-state index contributed by atoms with van der Waals surface area (Å²) in [7, 11) is 1.35. The normalized spacial score (nSPS) is 28.7. The molecule has 0 spiro atoms. The second kappa shape index (κ2) is 6.46. The molecular weight excluding hydrogens is 282 g/mol. The van der Waals surface area contributed by atoms with Crippen LogP contribution in [0.2, 0.25) is 0 Å². The Kier molecular flexibility index (Phi) is 4.86. The van der Waals surface area contributed by atoms with Crippen LogP contribution in [0.3, 0.4) is 0 Å². The van der Waals surface area contributed by atoms with E-state index in [9.17, 15) is 20.3 Å². The quantitative estimate of drug-likeness (QED) is 0.570. The smallest absolute Gasteiger partial charge is 0.274 e. The van der Waals surface area contributed by atoms with Crippen molar-refractivity contribution in [3.63, 3.8) is 0 Å². The lowest BCUT2D eigenvalue weighted by Crippen LogP contribution is -2.49. The monoisotopic (exact) mass is 299 g/mol. The van der Waals surface area contributed by atoms with Crippen LogP contribution < -0.4 is 0 Å². The van der Waals surface area contributed by atoms with Gasteiger partial charge in [-0.25, -0.2) is 0 Å². The Labute approximate surface area is 121 Å². The van der Waals surface area contributed by atoms with Crippen molar-refractivity contribution in [2.75, 3.05) is 20.3 Å². The minimum atomic E-state index is -1.23. The lowest BCUT2D eigenvalue weighted by Gasteiger charge is -2.27. The molecule has 0 bridgehead atoms. The summed E-state index contributed by atoms with van der Waals surface area (Å²) in [5.74, 6) is 0. The summed E-state index contributed by atoms with van der Waals surface area (Å²) >= 11 is 0. The van der Waals surface area contributed by atoms with Gasteiger partial charge < -0.3 is 24.4 Å². The molecule has 1 fully saturated rings. The molecule has 0 unspecified atom stereocenters. The van der Waals surface area contributed by atoms with Crippen molar-refractivity contribution in [1.29, 1.82) is 0 Å². The van der Waals surface area contributed by atoms with Crippen LogP contribution in [0.1, 0.15) is 5.56 Å². The summed E-state index contributed by atoms with van der Waals surface area (Å²) in [4.78, 5) is 10.4. The van der Waals surface area contributed by atoms with Gasteiger partial charge in [-0.15, -0.1) is 0 Å². The van der Waals surface area contributed by atoms with Crippen LogP contribution in [0.5, 0.6) is 0 Å². The van der Waals surface area contributed by atoms with Crippen molar-refractivity contribution in [1.82, 2.24) is 0 Å². The van der Waals surface area contributed by atoms with Crippen molar-refractivity contribution in [2.24, 2.45) is 0 Å². The maximum absolute atomic E-state index is 10.9. The number of hydrogen-bond acceptors (Lipinski definition) is 7. The molecule has 0 saturated carbocycles. The molecule has 1 aromatic carbocycles. The third-order valence-electron chi connectivity index (χ3n) is 3.55. The highest BCUT2D eigenvalue weighted by molar-refractivity contribution is 5.39. The van der Waals surface area contributed by atoms with Gasteiger partial charge in [0.25, 0.3) is 5.69 Å². The van der Waals surface area contributed by atoms with Gasteiger partial charge in [-0.3, -0.25) is 10.1 Å². The van der Waals surface area contributed by atoms with E-state index in [1.807, 2.05) is 0 Å². The molecule has 3 atom stereocenters. The number of nitrogens with zero attached hydrogens (tertiary/aromatic N) is 1. The van der Waals surface area contributed by atoms with Gasteiger partial charge in [0.15, 0.2) is 6.29 Å². The van der Waals surface area contributed by atoms with E-state index in [0.29, 0.717) is 5.56 Å². The van der Waals surface area contributed by atoms with Crippen LogP contribution in [-0.2, 0) is 20.8 Å². The molecule has 8 nitrogen and oxygen atoms in total. The number of para-hydroxylation sites is 1. The Morgan fingerprint density at radius 2 is 2.24 bits per heavy atom. The summed E-state index contributed by atoms with van der Waals surface area (Å²) in [6, 6.07) is 6.15. The van der Waals surface area contributed by atoms with Crippen LogP contribution in [0.4, 0.5) is 5.69 Å². The predicted octanol–water partition coefficient (Wildman–Crippen LogP) is 0.206. The van der Waals surface area contributed by atoms with Gasteiger partial charge in [0.1, 0.15) is 11.7 Å². The van der Waals surface area contributed by atoms with Gasteiger partial charge in [0, 0.05) is 13.2 Å². The largest absolute Gasteiger partial charge is 0.393 e. The van der Waals surface area contributed by atoms with Gasteiger partial charge in [-0.05, 0) is 6.07 Å². The molecule has 8 heteroatoms. The summed E-state index contributed by atoms with van der Waals surface area (Å²) in [6.07, 6.45) is -2.20. The molecular formula is C13H17NO7. The second-order valence-electron chi connectivity index (χ2n) is 4.75. The van der Waals surface area contributed by atoms with Crippen LogP contribution in [0.15, 0.2) is 24.3 Å². The number of benzene rings is 1. The fraction of sp³-hybridized carbons (Fsp3) is 0.538. The molecule has 1 aliphatic rings. The highest BCUT2D eigenvalue weighted by Gasteiger charge is 2.50. The Bertz CT molecular complexity index is 503. The number of nitro groups is 1. The summed E-state index contributed by atoms with van der Waals surface area (Å²) in [6.45, 7) is -0.539. The molecule has 1 aromatic rings. The van der Waals surface area contributed by atoms with E-state index in [4.69, 9.17) is 14.2 Å². The minimum absolute atomic E-state index is 0.0251. The summed E-state index contributed by atoms with van der Waals surface area (Å²) in [5.41, 5.74) is -0.921.